The summed E-state index contributed by atoms with van der Waals surface area (Å²) in [6, 6.07) is 4.12. The van der Waals surface area contributed by atoms with Crippen molar-refractivity contribution < 1.29 is 23.5 Å². The number of ether oxygens (including phenoxy) is 1. The Morgan fingerprint density at radius 3 is 2.67 bits per heavy atom. The lowest BCUT2D eigenvalue weighted by molar-refractivity contribution is -0.124. The largest absolute Gasteiger partial charge is 0.442 e. The number of nitrogens with zero attached hydrogens (tertiary/aromatic N) is 2. The van der Waals surface area contributed by atoms with Crippen LogP contribution in [-0.2, 0) is 9.53 Å². The lowest BCUT2D eigenvalue weighted by Crippen LogP contribution is -2.55. The molecule has 1 aromatic rings. The van der Waals surface area contributed by atoms with E-state index < -0.39 is 23.5 Å². The Balaban J connectivity index is 1.42. The van der Waals surface area contributed by atoms with Crippen LogP contribution in [0.3, 0.4) is 0 Å². The molecule has 3 aliphatic heterocycles. The van der Waals surface area contributed by atoms with Crippen LogP contribution in [0.25, 0.3) is 0 Å². The van der Waals surface area contributed by atoms with E-state index in [9.17, 15) is 18.8 Å². The molecule has 3 saturated heterocycles. The van der Waals surface area contributed by atoms with Gasteiger partial charge >= 0.3 is 12.1 Å². The fraction of sp³-hybridized carbons (Fsp3) is 0.474. The topological polar surface area (TPSA) is 103 Å². The summed E-state index contributed by atoms with van der Waals surface area (Å²) in [6.07, 6.45) is -0.126. The minimum atomic E-state index is -0.910. The van der Waals surface area contributed by atoms with Crippen LogP contribution >= 0.6 is 12.2 Å². The Bertz CT molecular complexity index is 918. The van der Waals surface area contributed by atoms with Crippen molar-refractivity contribution >= 4 is 46.6 Å². The third-order valence-corrected chi connectivity index (χ3v) is 5.81. The van der Waals surface area contributed by atoms with Gasteiger partial charge in [0.15, 0.2) is 0 Å². The third kappa shape index (κ3) is 3.76. The zero-order valence-corrected chi connectivity index (χ0v) is 17.2. The second-order valence-corrected chi connectivity index (χ2v) is 8.28. The first-order valence-electron chi connectivity index (χ1n) is 9.68. The highest BCUT2D eigenvalue weighted by atomic mass is 32.1. The van der Waals surface area contributed by atoms with Crippen LogP contribution < -0.4 is 25.8 Å². The summed E-state index contributed by atoms with van der Waals surface area (Å²) in [5.74, 6) is -0.795. The number of halogens is 1. The molecule has 0 aromatic heterocycles. The molecule has 1 spiro atoms. The second kappa shape index (κ2) is 7.71. The van der Waals surface area contributed by atoms with E-state index in [-0.39, 0.29) is 12.0 Å². The number of benzene rings is 1. The van der Waals surface area contributed by atoms with Gasteiger partial charge in [-0.3, -0.25) is 15.0 Å². The number of nitrogens with one attached hydrogen (secondary N) is 3. The Kier molecular flexibility index (Phi) is 5.22. The molecule has 3 fully saturated rings. The van der Waals surface area contributed by atoms with Crippen LogP contribution in [0.1, 0.15) is 19.8 Å². The summed E-state index contributed by atoms with van der Waals surface area (Å²) >= 11 is 4.96. The number of imide groups is 1. The van der Waals surface area contributed by atoms with E-state index in [0.29, 0.717) is 55.4 Å². The van der Waals surface area contributed by atoms with E-state index in [2.05, 4.69) is 16.0 Å². The van der Waals surface area contributed by atoms with Crippen molar-refractivity contribution in [2.24, 2.45) is 0 Å². The van der Waals surface area contributed by atoms with E-state index >= 15 is 0 Å². The number of hydrogen-bond donors (Lipinski definition) is 3. The zero-order chi connectivity index (χ0) is 21.5. The van der Waals surface area contributed by atoms with Crippen molar-refractivity contribution in [1.29, 1.82) is 0 Å². The number of thiocarbonyl (C=S) groups is 1. The number of rotatable bonds is 4. The summed E-state index contributed by atoms with van der Waals surface area (Å²) in [5, 5.41) is 7.91. The highest BCUT2D eigenvalue weighted by Gasteiger charge is 2.48. The van der Waals surface area contributed by atoms with E-state index in [1.54, 1.807) is 19.1 Å². The van der Waals surface area contributed by atoms with Gasteiger partial charge in [0.2, 0.25) is 0 Å². The minimum absolute atomic E-state index is 0.300. The number of cyclic esters (lactones) is 1. The smallest absolute Gasteiger partial charge is 0.414 e. The third-order valence-electron chi connectivity index (χ3n) is 5.67. The first-order valence-corrected chi connectivity index (χ1v) is 10.1. The van der Waals surface area contributed by atoms with Gasteiger partial charge in [0.25, 0.3) is 5.91 Å². The maximum Gasteiger partial charge on any atom is 0.414 e. The molecule has 11 heteroatoms. The summed E-state index contributed by atoms with van der Waals surface area (Å²) in [7, 11) is 0. The molecule has 30 heavy (non-hydrogen) atoms. The van der Waals surface area contributed by atoms with Gasteiger partial charge in [-0.2, -0.15) is 0 Å². The van der Waals surface area contributed by atoms with Gasteiger partial charge in [0, 0.05) is 13.1 Å². The number of urea groups is 1. The van der Waals surface area contributed by atoms with Gasteiger partial charge in [0.05, 0.1) is 29.5 Å². The standard InChI is InChI=1S/C19H22FN5O4S/c1-11(30)21-9-13-10-25(18(28)29-13)12-2-3-15(14(20)8-12)24-6-4-19(5-7-24)16(26)22-17(27)23-19/h2-3,8,13H,4-7,9-10H2,1H3,(H,21,30)(H2,22,23,26,27)/t13-/m0/s1. The lowest BCUT2D eigenvalue weighted by Gasteiger charge is -2.38. The summed E-state index contributed by atoms with van der Waals surface area (Å²) in [4.78, 5) is 39.5. The Labute approximate surface area is 177 Å². The van der Waals surface area contributed by atoms with Crippen molar-refractivity contribution in [3.8, 4) is 0 Å². The van der Waals surface area contributed by atoms with Crippen LogP contribution in [-0.4, -0.2) is 60.8 Å². The molecule has 4 rings (SSSR count). The molecule has 4 amide bonds. The monoisotopic (exact) mass is 435 g/mol. The van der Waals surface area contributed by atoms with E-state index in [0.717, 1.165) is 0 Å². The van der Waals surface area contributed by atoms with Crippen LogP contribution in [0.2, 0.25) is 0 Å². The van der Waals surface area contributed by atoms with Gasteiger partial charge in [-0.15, -0.1) is 0 Å². The van der Waals surface area contributed by atoms with Gasteiger partial charge in [-0.05, 0) is 38.0 Å². The molecule has 160 valence electrons. The van der Waals surface area contributed by atoms with E-state index in [4.69, 9.17) is 17.0 Å². The SMILES string of the molecule is CC(=S)NC[C@H]1CN(c2ccc(N3CCC4(CC3)NC(=O)NC4=O)c(F)c2)C(=O)O1. The molecule has 0 saturated carbocycles. The Morgan fingerprint density at radius 2 is 2.07 bits per heavy atom. The number of piperidine rings is 1. The molecule has 1 aromatic carbocycles. The first kappa shape index (κ1) is 20.3. The maximum absolute atomic E-state index is 14.9. The summed E-state index contributed by atoms with van der Waals surface area (Å²) in [6.45, 7) is 3.28. The molecule has 9 nitrogen and oxygen atoms in total. The van der Waals surface area contributed by atoms with Gasteiger partial charge in [0.1, 0.15) is 17.5 Å². The zero-order valence-electron chi connectivity index (χ0n) is 16.4. The highest BCUT2D eigenvalue weighted by Crippen LogP contribution is 2.32. The molecule has 3 aliphatic rings. The van der Waals surface area contributed by atoms with Crippen molar-refractivity contribution in [3.05, 3.63) is 24.0 Å². The molecule has 0 unspecified atom stereocenters. The molecule has 0 radical (unpaired) electrons. The van der Waals surface area contributed by atoms with Crippen molar-refractivity contribution in [3.63, 3.8) is 0 Å². The fourth-order valence-electron chi connectivity index (χ4n) is 4.03. The second-order valence-electron chi connectivity index (χ2n) is 7.67. The minimum Gasteiger partial charge on any atom is -0.442 e. The number of carbonyl (C=O) groups is 3. The van der Waals surface area contributed by atoms with Crippen LogP contribution in [0.5, 0.6) is 0 Å². The number of amides is 4. The molecule has 3 heterocycles. The molecular weight excluding hydrogens is 413 g/mol. The average Bonchev–Trinajstić information content (AvgIpc) is 3.20. The lowest BCUT2D eigenvalue weighted by atomic mass is 9.87. The maximum atomic E-state index is 14.9. The van der Waals surface area contributed by atoms with Crippen molar-refractivity contribution in [1.82, 2.24) is 16.0 Å². The molecule has 1 atom stereocenters. The van der Waals surface area contributed by atoms with E-state index in [1.165, 1.54) is 11.0 Å². The van der Waals surface area contributed by atoms with Crippen molar-refractivity contribution in [2.75, 3.05) is 36.0 Å². The number of anilines is 2. The molecule has 0 bridgehead atoms. The fourth-order valence-corrected chi connectivity index (χ4v) is 4.11. The first-order chi connectivity index (χ1) is 14.3. The summed E-state index contributed by atoms with van der Waals surface area (Å²) in [5.41, 5.74) is -0.105. The van der Waals surface area contributed by atoms with E-state index in [1.807, 2.05) is 4.90 Å². The average molecular weight is 435 g/mol. The van der Waals surface area contributed by atoms with Gasteiger partial charge in [-0.1, -0.05) is 12.2 Å². The Morgan fingerprint density at radius 1 is 1.33 bits per heavy atom. The number of hydrogen-bond acceptors (Lipinski definition) is 6. The highest BCUT2D eigenvalue weighted by molar-refractivity contribution is 7.80. The molecular formula is C19H22FN5O4S. The quantitative estimate of drug-likeness (QED) is 0.483. The van der Waals surface area contributed by atoms with Gasteiger partial charge in [-0.25, -0.2) is 14.0 Å². The molecule has 0 aliphatic carbocycles. The van der Waals surface area contributed by atoms with Crippen LogP contribution in [0.15, 0.2) is 18.2 Å². The number of carbonyl (C=O) groups excluding carboxylic acids is 3. The Hall–Kier alpha value is -2.95. The van der Waals surface area contributed by atoms with Crippen molar-refractivity contribution in [2.45, 2.75) is 31.4 Å². The summed E-state index contributed by atoms with van der Waals surface area (Å²) < 4.78 is 20.2. The predicted molar refractivity (Wildman–Crippen MR) is 111 cm³/mol. The normalized spacial score (nSPS) is 22.7. The van der Waals surface area contributed by atoms with Gasteiger partial charge < -0.3 is 20.3 Å². The predicted octanol–water partition coefficient (Wildman–Crippen LogP) is 1.27. The van der Waals surface area contributed by atoms with Crippen LogP contribution in [0, 0.1) is 5.82 Å². The van der Waals surface area contributed by atoms with Crippen LogP contribution in [0.4, 0.5) is 25.4 Å². The molecule has 3 N–H and O–H groups in total.